The van der Waals surface area contributed by atoms with Crippen LogP contribution in [-0.4, -0.2) is 19.2 Å². The van der Waals surface area contributed by atoms with E-state index in [9.17, 15) is 4.79 Å². The molecular weight excluding hydrogens is 240 g/mol. The Bertz CT molecular complexity index is 451. The van der Waals surface area contributed by atoms with Crippen molar-refractivity contribution in [2.45, 2.75) is 45.4 Å². The first-order valence-corrected chi connectivity index (χ1v) is 7.06. The van der Waals surface area contributed by atoms with Gasteiger partial charge >= 0.3 is 5.97 Å². The Morgan fingerprint density at radius 2 is 2.26 bits per heavy atom. The molecule has 0 N–H and O–H groups in total. The summed E-state index contributed by atoms with van der Waals surface area (Å²) in [5.41, 5.74) is 2.22. The first-order valence-electron chi connectivity index (χ1n) is 7.06. The summed E-state index contributed by atoms with van der Waals surface area (Å²) in [4.78, 5) is 12.1. The van der Waals surface area contributed by atoms with E-state index < -0.39 is 0 Å². The number of ether oxygens (including phenoxy) is 2. The minimum atomic E-state index is -0.184. The number of hydrogen-bond acceptors (Lipinski definition) is 3. The SMILES string of the molecule is CCOC(=O)C1CCCOc2ccc(C(C)C)cc21. The number of benzene rings is 1. The van der Waals surface area contributed by atoms with Crippen LogP contribution in [0.2, 0.25) is 0 Å². The van der Waals surface area contributed by atoms with Gasteiger partial charge in [-0.25, -0.2) is 0 Å². The van der Waals surface area contributed by atoms with Gasteiger partial charge in [0.1, 0.15) is 5.75 Å². The molecule has 3 heteroatoms. The lowest BCUT2D eigenvalue weighted by Gasteiger charge is -2.17. The second-order valence-electron chi connectivity index (χ2n) is 5.25. The first kappa shape index (κ1) is 13.9. The number of rotatable bonds is 3. The standard InChI is InChI=1S/C16H22O3/c1-4-18-16(17)13-6-5-9-19-15-8-7-12(11(2)3)10-14(13)15/h7-8,10-11,13H,4-6,9H2,1-3H3. The lowest BCUT2D eigenvalue weighted by molar-refractivity contribution is -0.145. The van der Waals surface area contributed by atoms with Gasteiger partial charge in [0.25, 0.3) is 0 Å². The molecule has 104 valence electrons. The molecule has 1 atom stereocenters. The Morgan fingerprint density at radius 3 is 2.95 bits per heavy atom. The van der Waals surface area contributed by atoms with Gasteiger partial charge in [-0.1, -0.05) is 26.0 Å². The van der Waals surface area contributed by atoms with E-state index >= 15 is 0 Å². The van der Waals surface area contributed by atoms with Gasteiger partial charge in [-0.2, -0.15) is 0 Å². The zero-order valence-electron chi connectivity index (χ0n) is 11.9. The minimum Gasteiger partial charge on any atom is -0.493 e. The molecule has 19 heavy (non-hydrogen) atoms. The van der Waals surface area contributed by atoms with E-state index in [0.717, 1.165) is 24.2 Å². The molecule has 0 saturated carbocycles. The van der Waals surface area contributed by atoms with Crippen LogP contribution in [0.5, 0.6) is 5.75 Å². The lowest BCUT2D eigenvalue weighted by atomic mass is 9.90. The first-order chi connectivity index (χ1) is 9.13. The van der Waals surface area contributed by atoms with E-state index in [1.54, 1.807) is 0 Å². The van der Waals surface area contributed by atoms with Gasteiger partial charge in [0.2, 0.25) is 0 Å². The molecule has 1 aromatic carbocycles. The molecule has 0 aromatic heterocycles. The molecule has 0 aliphatic carbocycles. The maximum Gasteiger partial charge on any atom is 0.313 e. The minimum absolute atomic E-state index is 0.129. The number of carbonyl (C=O) groups is 1. The van der Waals surface area contributed by atoms with Crippen LogP contribution in [0.15, 0.2) is 18.2 Å². The molecule has 0 bridgehead atoms. The Kier molecular flexibility index (Phi) is 4.46. The van der Waals surface area contributed by atoms with Gasteiger partial charge in [-0.3, -0.25) is 4.79 Å². The lowest BCUT2D eigenvalue weighted by Crippen LogP contribution is -2.16. The number of esters is 1. The summed E-state index contributed by atoms with van der Waals surface area (Å²) in [6, 6.07) is 6.17. The second-order valence-corrected chi connectivity index (χ2v) is 5.25. The fraction of sp³-hybridized carbons (Fsp3) is 0.562. The van der Waals surface area contributed by atoms with E-state index in [4.69, 9.17) is 9.47 Å². The molecule has 0 fully saturated rings. The summed E-state index contributed by atoms with van der Waals surface area (Å²) in [7, 11) is 0. The van der Waals surface area contributed by atoms with Gasteiger partial charge in [-0.05, 0) is 37.3 Å². The molecule has 1 heterocycles. The Hall–Kier alpha value is -1.51. The highest BCUT2D eigenvalue weighted by Crippen LogP contribution is 2.36. The van der Waals surface area contributed by atoms with Crippen molar-refractivity contribution >= 4 is 5.97 Å². The number of fused-ring (bicyclic) bond motifs is 1. The van der Waals surface area contributed by atoms with Gasteiger partial charge < -0.3 is 9.47 Å². The average Bonchev–Trinajstić information content (AvgIpc) is 2.60. The van der Waals surface area contributed by atoms with Crippen molar-refractivity contribution in [3.8, 4) is 5.75 Å². The largest absolute Gasteiger partial charge is 0.493 e. The van der Waals surface area contributed by atoms with Crippen molar-refractivity contribution in [2.75, 3.05) is 13.2 Å². The molecule has 0 radical (unpaired) electrons. The van der Waals surface area contributed by atoms with Crippen LogP contribution in [0.25, 0.3) is 0 Å². The van der Waals surface area contributed by atoms with Crippen LogP contribution >= 0.6 is 0 Å². The van der Waals surface area contributed by atoms with E-state index in [0.29, 0.717) is 19.1 Å². The summed E-state index contributed by atoms with van der Waals surface area (Å²) >= 11 is 0. The molecule has 1 unspecified atom stereocenters. The van der Waals surface area contributed by atoms with Crippen molar-refractivity contribution in [1.82, 2.24) is 0 Å². The Balaban J connectivity index is 2.38. The monoisotopic (exact) mass is 262 g/mol. The topological polar surface area (TPSA) is 35.5 Å². The average molecular weight is 262 g/mol. The van der Waals surface area contributed by atoms with Crippen LogP contribution in [0.3, 0.4) is 0 Å². The molecule has 0 amide bonds. The zero-order chi connectivity index (χ0) is 13.8. The highest BCUT2D eigenvalue weighted by Gasteiger charge is 2.27. The normalized spacial score (nSPS) is 18.4. The quantitative estimate of drug-likeness (QED) is 0.780. The maximum atomic E-state index is 12.1. The van der Waals surface area contributed by atoms with Crippen molar-refractivity contribution in [3.05, 3.63) is 29.3 Å². The van der Waals surface area contributed by atoms with E-state index in [1.807, 2.05) is 13.0 Å². The molecule has 3 nitrogen and oxygen atoms in total. The predicted molar refractivity (Wildman–Crippen MR) is 74.6 cm³/mol. The third-order valence-corrected chi connectivity index (χ3v) is 3.54. The van der Waals surface area contributed by atoms with Crippen molar-refractivity contribution < 1.29 is 14.3 Å². The Labute approximate surface area is 114 Å². The van der Waals surface area contributed by atoms with Crippen LogP contribution in [0, 0.1) is 0 Å². The smallest absolute Gasteiger partial charge is 0.313 e. The Morgan fingerprint density at radius 1 is 1.47 bits per heavy atom. The van der Waals surface area contributed by atoms with Crippen LogP contribution in [0.4, 0.5) is 0 Å². The molecule has 0 spiro atoms. The summed E-state index contributed by atoms with van der Waals surface area (Å²) in [5, 5.41) is 0. The number of carbonyl (C=O) groups excluding carboxylic acids is 1. The van der Waals surface area contributed by atoms with Crippen molar-refractivity contribution in [2.24, 2.45) is 0 Å². The van der Waals surface area contributed by atoms with Crippen LogP contribution < -0.4 is 4.74 Å². The fourth-order valence-corrected chi connectivity index (χ4v) is 2.44. The van der Waals surface area contributed by atoms with E-state index in [-0.39, 0.29) is 11.9 Å². The fourth-order valence-electron chi connectivity index (χ4n) is 2.44. The molecule has 2 rings (SSSR count). The second kappa shape index (κ2) is 6.09. The van der Waals surface area contributed by atoms with Crippen molar-refractivity contribution in [3.63, 3.8) is 0 Å². The summed E-state index contributed by atoms with van der Waals surface area (Å²) in [6.45, 7) is 7.24. The van der Waals surface area contributed by atoms with E-state index in [1.165, 1.54) is 5.56 Å². The molecular formula is C16H22O3. The number of hydrogen-bond donors (Lipinski definition) is 0. The van der Waals surface area contributed by atoms with Gasteiger partial charge in [0.15, 0.2) is 0 Å². The highest BCUT2D eigenvalue weighted by atomic mass is 16.5. The molecule has 1 aliphatic heterocycles. The molecule has 1 aliphatic rings. The van der Waals surface area contributed by atoms with Gasteiger partial charge in [0, 0.05) is 5.56 Å². The highest BCUT2D eigenvalue weighted by molar-refractivity contribution is 5.79. The van der Waals surface area contributed by atoms with Crippen LogP contribution in [0.1, 0.15) is 56.6 Å². The summed E-state index contributed by atoms with van der Waals surface area (Å²) in [5.74, 6) is 0.961. The van der Waals surface area contributed by atoms with Crippen molar-refractivity contribution in [1.29, 1.82) is 0 Å². The van der Waals surface area contributed by atoms with Crippen LogP contribution in [-0.2, 0) is 9.53 Å². The maximum absolute atomic E-state index is 12.1. The third kappa shape index (κ3) is 3.09. The van der Waals surface area contributed by atoms with Gasteiger partial charge in [-0.15, -0.1) is 0 Å². The molecule has 1 aromatic rings. The van der Waals surface area contributed by atoms with E-state index in [2.05, 4.69) is 26.0 Å². The van der Waals surface area contributed by atoms with Gasteiger partial charge in [0.05, 0.1) is 19.1 Å². The predicted octanol–water partition coefficient (Wildman–Crippen LogP) is 3.63. The summed E-state index contributed by atoms with van der Waals surface area (Å²) in [6.07, 6.45) is 1.68. The molecule has 0 saturated heterocycles. The summed E-state index contributed by atoms with van der Waals surface area (Å²) < 4.78 is 10.9. The third-order valence-electron chi connectivity index (χ3n) is 3.54. The zero-order valence-corrected chi connectivity index (χ0v) is 11.9.